The fourth-order valence-electron chi connectivity index (χ4n) is 5.12. The molecule has 41 heavy (non-hydrogen) atoms. The zero-order chi connectivity index (χ0) is 29.4. The number of nitrogens with zero attached hydrogens (tertiary/aromatic N) is 1. The number of urea groups is 1. The lowest BCUT2D eigenvalue weighted by atomic mass is 9.84. The molecular formula is C33H41N3O4S. The summed E-state index contributed by atoms with van der Waals surface area (Å²) in [6.07, 6.45) is 12.8. The molecule has 0 aromatic heterocycles. The third-order valence-corrected chi connectivity index (χ3v) is 9.17. The molecule has 0 saturated heterocycles. The van der Waals surface area contributed by atoms with Crippen molar-refractivity contribution in [1.82, 2.24) is 5.32 Å². The van der Waals surface area contributed by atoms with Gasteiger partial charge >= 0.3 is 12.0 Å². The van der Waals surface area contributed by atoms with Gasteiger partial charge in [-0.2, -0.15) is 0 Å². The van der Waals surface area contributed by atoms with E-state index in [4.69, 9.17) is 5.11 Å². The summed E-state index contributed by atoms with van der Waals surface area (Å²) in [7, 11) is -0.946. The van der Waals surface area contributed by atoms with Crippen LogP contribution in [0.5, 0.6) is 0 Å². The van der Waals surface area contributed by atoms with Crippen LogP contribution >= 0.6 is 10.0 Å². The molecule has 4 rings (SSSR count). The van der Waals surface area contributed by atoms with Crippen molar-refractivity contribution in [3.63, 3.8) is 0 Å². The number of aliphatic carboxylic acids is 1. The van der Waals surface area contributed by atoms with E-state index in [0.717, 1.165) is 16.9 Å². The third kappa shape index (κ3) is 8.60. The minimum absolute atomic E-state index is 0.0681. The van der Waals surface area contributed by atoms with E-state index >= 15 is 0 Å². The van der Waals surface area contributed by atoms with Gasteiger partial charge in [-0.25, -0.2) is 14.8 Å². The molecule has 8 heteroatoms. The molecule has 0 radical (unpaired) electrons. The van der Waals surface area contributed by atoms with Crippen molar-refractivity contribution in [1.29, 1.82) is 0 Å². The molecule has 0 aliphatic heterocycles. The monoisotopic (exact) mass is 575 g/mol. The number of benzene rings is 3. The van der Waals surface area contributed by atoms with Gasteiger partial charge in [0.15, 0.2) is 0 Å². The number of hydrogen-bond donors (Lipinski definition) is 3. The maximum absolute atomic E-state index is 13.7. The zero-order valence-corrected chi connectivity index (χ0v) is 25.0. The smallest absolute Gasteiger partial charge is 0.326 e. The van der Waals surface area contributed by atoms with Crippen LogP contribution in [0.15, 0.2) is 77.7 Å². The van der Waals surface area contributed by atoms with Gasteiger partial charge in [0.25, 0.3) is 5.91 Å². The van der Waals surface area contributed by atoms with Gasteiger partial charge in [-0.3, -0.25) is 14.5 Å². The van der Waals surface area contributed by atoms with Crippen molar-refractivity contribution in [2.45, 2.75) is 55.9 Å². The summed E-state index contributed by atoms with van der Waals surface area (Å²) in [4.78, 5) is 39.8. The molecule has 0 unspecified atom stereocenters. The van der Waals surface area contributed by atoms with E-state index in [1.165, 1.54) is 42.6 Å². The van der Waals surface area contributed by atoms with E-state index in [-0.39, 0.29) is 24.9 Å². The van der Waals surface area contributed by atoms with E-state index < -0.39 is 16.0 Å². The second-order valence-electron chi connectivity index (χ2n) is 11.4. The largest absolute Gasteiger partial charge is 0.481 e. The Morgan fingerprint density at radius 1 is 0.902 bits per heavy atom. The van der Waals surface area contributed by atoms with Gasteiger partial charge in [-0.1, -0.05) is 49.6 Å². The molecule has 3 amide bonds. The second-order valence-corrected chi connectivity index (χ2v) is 15.5. The average molecular weight is 576 g/mol. The Bertz CT molecular complexity index is 1340. The predicted octanol–water partition coefficient (Wildman–Crippen LogP) is 7.23. The Morgan fingerprint density at radius 2 is 1.59 bits per heavy atom. The molecule has 0 spiro atoms. The predicted molar refractivity (Wildman–Crippen MR) is 169 cm³/mol. The maximum Gasteiger partial charge on any atom is 0.326 e. The number of anilines is 2. The van der Waals surface area contributed by atoms with Crippen LogP contribution in [0, 0.1) is 0 Å². The fourth-order valence-corrected chi connectivity index (χ4v) is 6.08. The highest BCUT2D eigenvalue weighted by atomic mass is 32.3. The van der Waals surface area contributed by atoms with E-state index in [1.54, 1.807) is 17.0 Å². The fraction of sp³-hybridized carbons (Fsp3) is 0.364. The van der Waals surface area contributed by atoms with Gasteiger partial charge in [0, 0.05) is 23.5 Å². The van der Waals surface area contributed by atoms with Gasteiger partial charge in [0.1, 0.15) is 0 Å². The lowest BCUT2D eigenvalue weighted by Crippen LogP contribution is -2.34. The van der Waals surface area contributed by atoms with Crippen LogP contribution in [0.4, 0.5) is 16.2 Å². The minimum atomic E-state index is -0.961. The quantitative estimate of drug-likeness (QED) is 0.237. The van der Waals surface area contributed by atoms with Gasteiger partial charge in [-0.15, -0.1) is 0 Å². The molecule has 1 aliphatic rings. The lowest BCUT2D eigenvalue weighted by molar-refractivity contribution is -0.136. The summed E-state index contributed by atoms with van der Waals surface area (Å²) in [5, 5.41) is 14.5. The SMILES string of the molecule is CS(C)(C)c1cccc(NC(=O)N(Cc2ccc(C(=O)NCCC(=O)O)cc2)c2ccc(C3CCCCC3)cc2)c1. The summed E-state index contributed by atoms with van der Waals surface area (Å²) >= 11 is 0. The highest BCUT2D eigenvalue weighted by molar-refractivity contribution is 8.32. The van der Waals surface area contributed by atoms with E-state index in [1.807, 2.05) is 36.4 Å². The van der Waals surface area contributed by atoms with Gasteiger partial charge in [-0.05, 0) is 96.0 Å². The Balaban J connectivity index is 1.54. The Hall–Kier alpha value is -3.78. The molecule has 3 aromatic rings. The summed E-state index contributed by atoms with van der Waals surface area (Å²) in [6, 6.07) is 23.2. The number of carbonyl (C=O) groups is 3. The van der Waals surface area contributed by atoms with Gasteiger partial charge in [0.05, 0.1) is 13.0 Å². The first kappa shape index (κ1) is 30.2. The summed E-state index contributed by atoms with van der Waals surface area (Å²) in [5.41, 5.74) is 4.19. The summed E-state index contributed by atoms with van der Waals surface area (Å²) in [5.74, 6) is -0.708. The number of carboxylic acids is 1. The highest BCUT2D eigenvalue weighted by Crippen LogP contribution is 2.45. The number of hydrogen-bond acceptors (Lipinski definition) is 3. The maximum atomic E-state index is 13.7. The highest BCUT2D eigenvalue weighted by Gasteiger charge is 2.20. The Kier molecular flexibility index (Phi) is 10.1. The molecule has 3 N–H and O–H groups in total. The standard InChI is InChI=1S/C33H41N3O4S/c1-41(2,3)30-11-7-10-28(22-30)35-33(40)36(29-18-16-26(17-19-29)25-8-5-4-6-9-25)23-24-12-14-27(15-13-24)32(39)34-21-20-31(37)38/h7,10-19,22,25H,4-6,8-9,20-21,23H2,1-3H3,(H,34,39)(H,35,40)(H,37,38). The van der Waals surface area contributed by atoms with Crippen LogP contribution in [0.25, 0.3) is 0 Å². The third-order valence-electron chi connectivity index (χ3n) is 7.50. The molecule has 1 fully saturated rings. The lowest BCUT2D eigenvalue weighted by Gasteiger charge is -2.27. The van der Waals surface area contributed by atoms with Crippen molar-refractivity contribution in [2.24, 2.45) is 0 Å². The van der Waals surface area contributed by atoms with Crippen molar-refractivity contribution in [2.75, 3.05) is 35.5 Å². The molecule has 1 aliphatic carbocycles. The normalized spacial score (nSPS) is 14.2. The molecule has 1 saturated carbocycles. The Labute approximate surface area is 244 Å². The van der Waals surface area contributed by atoms with Crippen LogP contribution in [0.2, 0.25) is 0 Å². The average Bonchev–Trinajstić information content (AvgIpc) is 2.96. The zero-order valence-electron chi connectivity index (χ0n) is 24.2. The van der Waals surface area contributed by atoms with Gasteiger partial charge < -0.3 is 15.7 Å². The number of carboxylic acid groups (broad SMARTS) is 1. The first-order valence-electron chi connectivity index (χ1n) is 14.2. The molecule has 7 nitrogen and oxygen atoms in total. The van der Waals surface area contributed by atoms with Crippen LogP contribution in [-0.4, -0.2) is 48.3 Å². The van der Waals surface area contributed by atoms with Crippen LogP contribution in [0.3, 0.4) is 0 Å². The van der Waals surface area contributed by atoms with Crippen LogP contribution in [0.1, 0.15) is 65.9 Å². The Morgan fingerprint density at radius 3 is 2.22 bits per heavy atom. The molecule has 0 heterocycles. The van der Waals surface area contributed by atoms with Gasteiger partial charge in [0.2, 0.25) is 0 Å². The van der Waals surface area contributed by atoms with E-state index in [0.29, 0.717) is 18.0 Å². The first-order valence-corrected chi connectivity index (χ1v) is 17.0. The number of amides is 3. The van der Waals surface area contributed by atoms with E-state index in [2.05, 4.69) is 53.7 Å². The number of carbonyl (C=O) groups excluding carboxylic acids is 2. The number of rotatable bonds is 10. The van der Waals surface area contributed by atoms with E-state index in [9.17, 15) is 14.4 Å². The van der Waals surface area contributed by atoms with Crippen molar-refractivity contribution < 1.29 is 19.5 Å². The topological polar surface area (TPSA) is 98.7 Å². The van der Waals surface area contributed by atoms with Crippen LogP contribution in [-0.2, 0) is 11.3 Å². The van der Waals surface area contributed by atoms with Crippen molar-refractivity contribution in [3.8, 4) is 0 Å². The first-order chi connectivity index (χ1) is 19.6. The van der Waals surface area contributed by atoms with Crippen LogP contribution < -0.4 is 15.5 Å². The molecular weight excluding hydrogens is 534 g/mol. The summed E-state index contributed by atoms with van der Waals surface area (Å²) in [6.45, 7) is 0.387. The second kappa shape index (κ2) is 13.7. The molecule has 218 valence electrons. The van der Waals surface area contributed by atoms with Crippen molar-refractivity contribution in [3.05, 3.63) is 89.5 Å². The number of nitrogens with one attached hydrogen (secondary N) is 2. The molecule has 0 bridgehead atoms. The molecule has 0 atom stereocenters. The van der Waals surface area contributed by atoms with Crippen molar-refractivity contribution >= 4 is 39.3 Å². The minimum Gasteiger partial charge on any atom is -0.481 e. The summed E-state index contributed by atoms with van der Waals surface area (Å²) < 4.78 is 0. The molecule has 3 aromatic carbocycles.